The maximum absolute atomic E-state index is 13.9. The van der Waals surface area contributed by atoms with Crippen LogP contribution in [0.3, 0.4) is 0 Å². The van der Waals surface area contributed by atoms with Crippen molar-refractivity contribution in [2.24, 2.45) is 0 Å². The van der Waals surface area contributed by atoms with Crippen LogP contribution < -0.4 is 8.61 Å². The Labute approximate surface area is 242 Å². The van der Waals surface area contributed by atoms with Gasteiger partial charge in [-0.05, 0) is 96.4 Å². The molecule has 0 aliphatic carbocycles. The molecule has 0 bridgehead atoms. The molecule has 12 heteroatoms. The molecule has 8 nitrogen and oxygen atoms in total. The number of sulfonamides is 2. The summed E-state index contributed by atoms with van der Waals surface area (Å²) in [5, 5.41) is 4.84. The van der Waals surface area contributed by atoms with Crippen LogP contribution in [0.5, 0.6) is 0 Å². The Hall–Kier alpha value is -3.58. The molecule has 0 amide bonds. The first kappa shape index (κ1) is 28.0. The predicted octanol–water partition coefficient (Wildman–Crippen LogP) is 6.01. The van der Waals surface area contributed by atoms with Crippen molar-refractivity contribution < 1.29 is 16.8 Å². The summed E-state index contributed by atoms with van der Waals surface area (Å²) >= 11 is 2.64. The van der Waals surface area contributed by atoms with Crippen LogP contribution in [0.4, 0.5) is 10.0 Å². The average Bonchev–Trinajstić information content (AvgIpc) is 3.58. The molecular formula is C28H26N4O4S4. The SMILES string of the molecule is Cc1ccsc1N(Cc1ccccn1)S(=O)(=O)c1ccc(S(=O)(=O)N(Cc2ccccn2)c2sccc2C)cc1. The quantitative estimate of drug-likeness (QED) is 0.192. The van der Waals surface area contributed by atoms with E-state index in [9.17, 15) is 16.8 Å². The summed E-state index contributed by atoms with van der Waals surface area (Å²) in [6.45, 7) is 3.79. The van der Waals surface area contributed by atoms with Crippen LogP contribution >= 0.6 is 22.7 Å². The van der Waals surface area contributed by atoms with E-state index in [4.69, 9.17) is 0 Å². The summed E-state index contributed by atoms with van der Waals surface area (Å²) in [5.41, 5.74) is 2.82. The molecule has 0 spiro atoms. The van der Waals surface area contributed by atoms with Gasteiger partial charge >= 0.3 is 0 Å². The fourth-order valence-corrected chi connectivity index (χ4v) is 9.41. The van der Waals surface area contributed by atoms with Crippen molar-refractivity contribution in [3.63, 3.8) is 0 Å². The molecule has 0 aliphatic heterocycles. The molecule has 0 N–H and O–H groups in total. The van der Waals surface area contributed by atoms with Crippen LogP contribution in [0.2, 0.25) is 0 Å². The fraction of sp³-hybridized carbons (Fsp3) is 0.143. The molecule has 4 heterocycles. The van der Waals surface area contributed by atoms with E-state index in [1.165, 1.54) is 55.5 Å². The first-order valence-corrected chi connectivity index (χ1v) is 16.9. The summed E-state index contributed by atoms with van der Waals surface area (Å²) in [4.78, 5) is 8.58. The van der Waals surface area contributed by atoms with Gasteiger partial charge in [-0.2, -0.15) is 0 Å². The minimum Gasteiger partial charge on any atom is -0.259 e. The van der Waals surface area contributed by atoms with Crippen LogP contribution in [0.25, 0.3) is 0 Å². The molecule has 1 aromatic carbocycles. The number of pyridine rings is 2. The Morgan fingerprint density at radius 3 is 1.30 bits per heavy atom. The number of benzene rings is 1. The number of thiophene rings is 2. The van der Waals surface area contributed by atoms with Gasteiger partial charge in [0, 0.05) is 12.4 Å². The Morgan fingerprint density at radius 1 is 0.600 bits per heavy atom. The number of nitrogens with zero attached hydrogens (tertiary/aromatic N) is 4. The van der Waals surface area contributed by atoms with Gasteiger partial charge in [0.05, 0.1) is 34.3 Å². The van der Waals surface area contributed by atoms with E-state index in [1.807, 2.05) is 36.7 Å². The van der Waals surface area contributed by atoms with Gasteiger partial charge in [-0.1, -0.05) is 12.1 Å². The van der Waals surface area contributed by atoms with Gasteiger partial charge in [-0.3, -0.25) is 18.6 Å². The van der Waals surface area contributed by atoms with Crippen molar-refractivity contribution in [2.75, 3.05) is 8.61 Å². The van der Waals surface area contributed by atoms with Gasteiger partial charge in [0.15, 0.2) is 0 Å². The molecule has 5 rings (SSSR count). The monoisotopic (exact) mass is 610 g/mol. The first-order valence-electron chi connectivity index (χ1n) is 12.2. The molecule has 0 radical (unpaired) electrons. The zero-order chi connectivity index (χ0) is 28.3. The summed E-state index contributed by atoms with van der Waals surface area (Å²) in [5.74, 6) is 0. The predicted molar refractivity (Wildman–Crippen MR) is 160 cm³/mol. The molecule has 0 fully saturated rings. The smallest absolute Gasteiger partial charge is 0.259 e. The third kappa shape index (κ3) is 5.66. The molecule has 0 unspecified atom stereocenters. The maximum Gasteiger partial charge on any atom is 0.265 e. The van der Waals surface area contributed by atoms with Gasteiger partial charge in [-0.15, -0.1) is 22.7 Å². The molecule has 0 saturated heterocycles. The third-order valence-corrected chi connectivity index (χ3v) is 12.0. The van der Waals surface area contributed by atoms with Crippen LogP contribution in [-0.2, 0) is 33.1 Å². The molecule has 206 valence electrons. The number of rotatable bonds is 10. The number of aryl methyl sites for hydroxylation is 2. The second-order valence-electron chi connectivity index (χ2n) is 8.95. The highest BCUT2D eigenvalue weighted by Gasteiger charge is 2.31. The highest BCUT2D eigenvalue weighted by atomic mass is 32.2. The summed E-state index contributed by atoms with van der Waals surface area (Å²) in [7, 11) is -8.08. The number of anilines is 2. The van der Waals surface area contributed by atoms with E-state index < -0.39 is 20.0 Å². The van der Waals surface area contributed by atoms with E-state index >= 15 is 0 Å². The molecule has 0 aliphatic rings. The van der Waals surface area contributed by atoms with Crippen molar-refractivity contribution in [1.82, 2.24) is 9.97 Å². The van der Waals surface area contributed by atoms with Gasteiger partial charge in [0.25, 0.3) is 20.0 Å². The van der Waals surface area contributed by atoms with Crippen molar-refractivity contribution in [1.29, 1.82) is 0 Å². The lowest BCUT2D eigenvalue weighted by atomic mass is 10.3. The van der Waals surface area contributed by atoms with E-state index in [1.54, 1.807) is 48.8 Å². The van der Waals surface area contributed by atoms with Crippen molar-refractivity contribution in [3.8, 4) is 0 Å². The molecular weight excluding hydrogens is 585 g/mol. The van der Waals surface area contributed by atoms with E-state index in [0.717, 1.165) is 11.1 Å². The Balaban J connectivity index is 1.51. The molecule has 40 heavy (non-hydrogen) atoms. The topological polar surface area (TPSA) is 101 Å². The normalized spacial score (nSPS) is 11.8. The lowest BCUT2D eigenvalue weighted by Gasteiger charge is -2.25. The van der Waals surface area contributed by atoms with Crippen LogP contribution in [0, 0.1) is 13.8 Å². The first-order chi connectivity index (χ1) is 19.2. The number of hydrogen-bond donors (Lipinski definition) is 0. The molecule has 4 aromatic heterocycles. The molecule has 0 saturated carbocycles. The minimum atomic E-state index is -4.04. The second kappa shape index (κ2) is 11.5. The number of hydrogen-bond acceptors (Lipinski definition) is 8. The molecule has 5 aromatic rings. The Bertz CT molecular complexity index is 1670. The largest absolute Gasteiger partial charge is 0.265 e. The van der Waals surface area contributed by atoms with Gasteiger partial charge in [0.1, 0.15) is 10.0 Å². The highest BCUT2D eigenvalue weighted by molar-refractivity contribution is 7.93. The van der Waals surface area contributed by atoms with Crippen molar-refractivity contribution in [2.45, 2.75) is 36.7 Å². The third-order valence-electron chi connectivity index (χ3n) is 6.19. The van der Waals surface area contributed by atoms with E-state index in [2.05, 4.69) is 9.97 Å². The molecule has 0 atom stereocenters. The number of aromatic nitrogens is 2. The Kier molecular flexibility index (Phi) is 8.04. The van der Waals surface area contributed by atoms with Crippen molar-refractivity contribution in [3.05, 3.63) is 118 Å². The summed E-state index contributed by atoms with van der Waals surface area (Å²) in [6.07, 6.45) is 3.24. The van der Waals surface area contributed by atoms with Crippen LogP contribution in [0.15, 0.2) is 106 Å². The van der Waals surface area contributed by atoms with E-state index in [-0.39, 0.29) is 22.9 Å². The second-order valence-corrected chi connectivity index (χ2v) is 14.5. The van der Waals surface area contributed by atoms with Crippen LogP contribution in [-0.4, -0.2) is 26.8 Å². The lowest BCUT2D eigenvalue weighted by molar-refractivity contribution is 0.586. The zero-order valence-electron chi connectivity index (χ0n) is 21.7. The Morgan fingerprint density at radius 2 is 1.00 bits per heavy atom. The van der Waals surface area contributed by atoms with Gasteiger partial charge in [0.2, 0.25) is 0 Å². The zero-order valence-corrected chi connectivity index (χ0v) is 25.0. The van der Waals surface area contributed by atoms with Crippen LogP contribution in [0.1, 0.15) is 22.5 Å². The highest BCUT2D eigenvalue weighted by Crippen LogP contribution is 2.35. The fourth-order valence-electron chi connectivity index (χ4n) is 4.09. The average molecular weight is 611 g/mol. The van der Waals surface area contributed by atoms with Gasteiger partial charge < -0.3 is 0 Å². The van der Waals surface area contributed by atoms with E-state index in [0.29, 0.717) is 21.4 Å². The lowest BCUT2D eigenvalue weighted by Crippen LogP contribution is -2.32. The summed E-state index contributed by atoms with van der Waals surface area (Å²) in [6, 6.07) is 19.8. The summed E-state index contributed by atoms with van der Waals surface area (Å²) < 4.78 is 58.2. The maximum atomic E-state index is 13.9. The minimum absolute atomic E-state index is 0.0150. The standard InChI is InChI=1S/C28H26N4O4S4/c1-21-13-17-37-27(21)31(19-23-7-3-5-15-29-23)39(33,34)25-9-11-26(12-10-25)40(35,36)32(28-22(2)14-18-38-28)20-24-8-4-6-16-30-24/h3-18H,19-20H2,1-2H3. The van der Waals surface area contributed by atoms with Gasteiger partial charge in [-0.25, -0.2) is 16.8 Å². The van der Waals surface area contributed by atoms with Crippen molar-refractivity contribution >= 4 is 52.7 Å².